The topological polar surface area (TPSA) is 120 Å². The molecule has 4 fully saturated rings. The molecule has 0 spiro atoms. The summed E-state index contributed by atoms with van der Waals surface area (Å²) in [5, 5.41) is 22.3. The van der Waals surface area contributed by atoms with Crippen molar-refractivity contribution >= 4 is 17.7 Å². The molecule has 4 saturated carbocycles. The summed E-state index contributed by atoms with van der Waals surface area (Å²) >= 11 is 0. The summed E-state index contributed by atoms with van der Waals surface area (Å²) in [5.41, 5.74) is 1.61. The Hall–Kier alpha value is -2.62. The number of allylic oxidation sites excluding steroid dienone is 1. The zero-order valence-electron chi connectivity index (χ0n) is 36.5. The molecule has 5 aliphatic rings. The highest BCUT2D eigenvalue weighted by molar-refractivity contribution is 6.00. The lowest BCUT2D eigenvalue weighted by Gasteiger charge is -2.72. The van der Waals surface area contributed by atoms with E-state index in [2.05, 4.69) is 89.5 Å². The first kappa shape index (κ1) is 43.0. The first-order valence-electron chi connectivity index (χ1n) is 21.7. The van der Waals surface area contributed by atoms with E-state index in [1.807, 2.05) is 12.4 Å². The van der Waals surface area contributed by atoms with Crippen molar-refractivity contribution in [3.05, 3.63) is 41.2 Å². The number of carboxylic acids is 1. The summed E-state index contributed by atoms with van der Waals surface area (Å²) < 4.78 is 6.19. The second-order valence-electron chi connectivity index (χ2n) is 21.5. The highest BCUT2D eigenvalue weighted by Crippen LogP contribution is 2.77. The van der Waals surface area contributed by atoms with Gasteiger partial charge in [0.05, 0.1) is 17.9 Å². The van der Waals surface area contributed by atoms with E-state index in [9.17, 15) is 24.6 Å². The number of Topliss-reactive ketones (excluding diaryl/α,β-unsaturated/α-hetero) is 1. The molecule has 0 radical (unpaired) electrons. The number of hydrogen-bond acceptors (Lipinski definition) is 8. The van der Waals surface area contributed by atoms with E-state index >= 15 is 0 Å². The monoisotopic (exact) mass is 776 g/mol. The minimum atomic E-state index is -1.17. The van der Waals surface area contributed by atoms with Gasteiger partial charge < -0.3 is 19.8 Å². The molecule has 312 valence electrons. The smallest absolute Gasteiger partial charge is 0.309 e. The fourth-order valence-corrected chi connectivity index (χ4v) is 13.7. The van der Waals surface area contributed by atoms with Crippen molar-refractivity contribution in [2.24, 2.45) is 56.2 Å². The van der Waals surface area contributed by atoms with Gasteiger partial charge in [0.2, 0.25) is 0 Å². The van der Waals surface area contributed by atoms with E-state index in [4.69, 9.17) is 4.74 Å². The van der Waals surface area contributed by atoms with Crippen LogP contribution in [0.5, 0.6) is 0 Å². The predicted molar refractivity (Wildman–Crippen MR) is 219 cm³/mol. The van der Waals surface area contributed by atoms with Crippen molar-refractivity contribution in [2.75, 3.05) is 33.7 Å². The number of likely N-dealkylation sites (N-methyl/N-ethyl adjacent to an activating group) is 1. The number of aliphatic hydroxyl groups is 1. The number of fused-ring (bicyclic) bond motifs is 7. The second kappa shape index (κ2) is 15.2. The number of esters is 1. The van der Waals surface area contributed by atoms with Crippen LogP contribution < -0.4 is 0 Å². The van der Waals surface area contributed by atoms with Gasteiger partial charge in [-0.1, -0.05) is 54.0 Å². The zero-order chi connectivity index (χ0) is 41.2. The molecule has 2 unspecified atom stereocenters. The van der Waals surface area contributed by atoms with Gasteiger partial charge in [-0.25, -0.2) is 0 Å². The fourth-order valence-electron chi connectivity index (χ4n) is 13.7. The molecular formula is C47H73N3O6. The van der Waals surface area contributed by atoms with Crippen molar-refractivity contribution in [1.82, 2.24) is 14.8 Å². The van der Waals surface area contributed by atoms with Crippen LogP contribution in [0.1, 0.15) is 132 Å². The minimum Gasteiger partial charge on any atom is -0.481 e. The van der Waals surface area contributed by atoms with Crippen LogP contribution in [0.4, 0.5) is 0 Å². The Bertz CT molecular complexity index is 1690. The number of aliphatic carboxylic acids is 1. The van der Waals surface area contributed by atoms with Gasteiger partial charge in [-0.15, -0.1) is 0 Å². The van der Waals surface area contributed by atoms with E-state index in [0.717, 1.165) is 76.6 Å². The maximum absolute atomic E-state index is 14.3. The van der Waals surface area contributed by atoms with Gasteiger partial charge in [0.1, 0.15) is 6.10 Å². The van der Waals surface area contributed by atoms with Crippen LogP contribution in [0.3, 0.4) is 0 Å². The number of nitrogens with zero attached hydrogens (tertiary/aromatic N) is 3. The van der Waals surface area contributed by atoms with Crippen LogP contribution in [-0.4, -0.2) is 88.7 Å². The molecule has 0 aromatic carbocycles. The Morgan fingerprint density at radius 2 is 1.61 bits per heavy atom. The van der Waals surface area contributed by atoms with Crippen LogP contribution in [-0.2, 0) is 25.7 Å². The van der Waals surface area contributed by atoms with E-state index in [0.29, 0.717) is 24.8 Å². The number of aliphatic hydroxyl groups excluding tert-OH is 1. The zero-order valence-corrected chi connectivity index (χ0v) is 36.5. The number of aromatic nitrogens is 1. The predicted octanol–water partition coefficient (Wildman–Crippen LogP) is 8.20. The lowest BCUT2D eigenvalue weighted by molar-refractivity contribution is -0.235. The number of ketones is 1. The molecule has 0 saturated heterocycles. The van der Waals surface area contributed by atoms with Crippen molar-refractivity contribution < 1.29 is 29.3 Å². The third-order valence-electron chi connectivity index (χ3n) is 17.0. The molecule has 5 aliphatic carbocycles. The molecule has 1 aromatic heterocycles. The summed E-state index contributed by atoms with van der Waals surface area (Å²) in [6, 6.07) is 4.11. The van der Waals surface area contributed by atoms with Gasteiger partial charge in [-0.05, 0) is 142 Å². The summed E-state index contributed by atoms with van der Waals surface area (Å²) in [4.78, 5) is 48.0. The van der Waals surface area contributed by atoms with Crippen molar-refractivity contribution in [3.63, 3.8) is 0 Å². The average molecular weight is 776 g/mol. The number of pyridine rings is 1. The van der Waals surface area contributed by atoms with Gasteiger partial charge in [0.15, 0.2) is 5.78 Å². The largest absolute Gasteiger partial charge is 0.481 e. The number of carboxylic acid groups (broad SMARTS) is 1. The number of carbonyl (C=O) groups excluding carboxylic acids is 2. The maximum Gasteiger partial charge on any atom is 0.309 e. The quantitative estimate of drug-likeness (QED) is 0.191. The number of ether oxygens (including phenoxy) is 1. The highest BCUT2D eigenvalue weighted by Gasteiger charge is 2.71. The first-order valence-corrected chi connectivity index (χ1v) is 21.7. The summed E-state index contributed by atoms with van der Waals surface area (Å²) in [7, 11) is 4.18. The van der Waals surface area contributed by atoms with Crippen molar-refractivity contribution in [2.45, 2.75) is 145 Å². The van der Waals surface area contributed by atoms with Gasteiger partial charge in [-0.3, -0.25) is 24.3 Å². The molecule has 9 nitrogen and oxygen atoms in total. The molecule has 1 heterocycles. The SMILES string of the molecule is CC(C)C1=C2[C@H]3CC[C@@H]4[C@@]5(C)CC[C@H](OC(=O)CC(C)(C)C(=O)O)C(C)(C)[C@@H]5CC[C@@]4(C)[C@]3(C)CCC2(C(O)CN(CCN(C)C)Cc2ccncc2)CC1=O. The molecule has 1 aromatic rings. The van der Waals surface area contributed by atoms with E-state index in [-0.39, 0.29) is 51.8 Å². The number of carbonyl (C=O) groups is 3. The first-order chi connectivity index (χ1) is 26.0. The molecule has 0 aliphatic heterocycles. The molecular weight excluding hydrogens is 703 g/mol. The Balaban J connectivity index is 1.29. The summed E-state index contributed by atoms with van der Waals surface area (Å²) in [6.07, 6.45) is 10.9. The number of hydrogen-bond donors (Lipinski definition) is 2. The highest BCUT2D eigenvalue weighted by atomic mass is 16.5. The Morgan fingerprint density at radius 3 is 2.23 bits per heavy atom. The van der Waals surface area contributed by atoms with Crippen LogP contribution in [0.2, 0.25) is 0 Å². The van der Waals surface area contributed by atoms with Crippen LogP contribution in [0.15, 0.2) is 35.7 Å². The third kappa shape index (κ3) is 7.12. The molecule has 6 rings (SSSR count). The second-order valence-corrected chi connectivity index (χ2v) is 21.5. The molecule has 9 atom stereocenters. The van der Waals surface area contributed by atoms with Crippen LogP contribution in [0, 0.1) is 56.2 Å². The van der Waals surface area contributed by atoms with Crippen LogP contribution in [0.25, 0.3) is 0 Å². The van der Waals surface area contributed by atoms with Gasteiger partial charge in [0, 0.05) is 55.8 Å². The van der Waals surface area contributed by atoms with E-state index in [1.54, 1.807) is 13.8 Å². The van der Waals surface area contributed by atoms with Crippen molar-refractivity contribution in [1.29, 1.82) is 0 Å². The van der Waals surface area contributed by atoms with E-state index in [1.165, 1.54) is 11.1 Å². The Kier molecular flexibility index (Phi) is 11.7. The van der Waals surface area contributed by atoms with Gasteiger partial charge in [-0.2, -0.15) is 0 Å². The van der Waals surface area contributed by atoms with Gasteiger partial charge in [0.25, 0.3) is 0 Å². The summed E-state index contributed by atoms with van der Waals surface area (Å²) in [6.45, 7) is 22.7. The molecule has 2 N–H and O–H groups in total. The lowest BCUT2D eigenvalue weighted by atomic mass is 9.33. The summed E-state index contributed by atoms with van der Waals surface area (Å²) in [5.74, 6) is 0.0379. The fraction of sp³-hybridized carbons (Fsp3) is 0.787. The lowest BCUT2D eigenvalue weighted by Crippen LogP contribution is -2.66. The Labute approximate surface area is 337 Å². The van der Waals surface area contributed by atoms with E-state index < -0.39 is 28.9 Å². The minimum absolute atomic E-state index is 0.0231. The molecule has 0 bridgehead atoms. The van der Waals surface area contributed by atoms with Gasteiger partial charge >= 0.3 is 11.9 Å². The number of rotatable bonds is 13. The molecule has 9 heteroatoms. The third-order valence-corrected chi connectivity index (χ3v) is 17.0. The average Bonchev–Trinajstić information content (AvgIpc) is 3.42. The standard InChI is InChI=1S/C47H73N3O6/c1-30(2)39-33(51)26-47(36(52)29-50(25-24-49(10)11)28-31-16-22-48-23-17-31)21-20-45(8)32(40(39)47)12-13-35-44(7)18-15-37(56-38(53)27-42(3,4)41(54)55)43(5,6)34(44)14-19-46(35,45)9/h16-17,22-23,30,32,34-37,52H,12-15,18-21,24-29H2,1-11H3,(H,54,55)/t32-,34+,35-,36?,37+,44+,45-,46-,47?/m1/s1. The Morgan fingerprint density at radius 1 is 0.929 bits per heavy atom. The molecule has 0 amide bonds. The van der Waals surface area contributed by atoms with Crippen molar-refractivity contribution in [3.8, 4) is 0 Å². The normalized spacial score (nSPS) is 35.9. The molecule has 56 heavy (non-hydrogen) atoms. The maximum atomic E-state index is 14.3. The van der Waals surface area contributed by atoms with Crippen LogP contribution >= 0.6 is 0 Å².